The van der Waals surface area contributed by atoms with Gasteiger partial charge in [-0.1, -0.05) is 12.1 Å². The van der Waals surface area contributed by atoms with E-state index in [2.05, 4.69) is 5.32 Å². The van der Waals surface area contributed by atoms with Gasteiger partial charge in [-0.25, -0.2) is 4.39 Å². The Kier molecular flexibility index (Phi) is 4.68. The third-order valence-corrected chi connectivity index (χ3v) is 4.35. The predicted molar refractivity (Wildman–Crippen MR) is 98.1 cm³/mol. The van der Waals surface area contributed by atoms with Crippen LogP contribution in [0, 0.1) is 11.2 Å². The van der Waals surface area contributed by atoms with Crippen molar-refractivity contribution in [2.45, 2.75) is 20.8 Å². The molecule has 0 bridgehead atoms. The van der Waals surface area contributed by atoms with E-state index >= 15 is 0 Å². The summed E-state index contributed by atoms with van der Waals surface area (Å²) in [6.07, 6.45) is 0. The van der Waals surface area contributed by atoms with Gasteiger partial charge in [0, 0.05) is 12.2 Å². The Morgan fingerprint density at radius 2 is 2.00 bits per heavy atom. The smallest absolute Gasteiger partial charge is 0.258 e. The molecule has 2 aromatic rings. The SMILES string of the molecule is CCN1C(=O)C(C)(C)COc2ccc(NC(=O)c3ccccc3F)cc21. The number of hydrogen-bond acceptors (Lipinski definition) is 3. The number of nitrogens with one attached hydrogen (secondary N) is 1. The fourth-order valence-corrected chi connectivity index (χ4v) is 2.88. The highest BCUT2D eigenvalue weighted by molar-refractivity contribution is 6.05. The van der Waals surface area contributed by atoms with E-state index in [1.807, 2.05) is 20.8 Å². The molecular weight excluding hydrogens is 335 g/mol. The zero-order valence-corrected chi connectivity index (χ0v) is 15.0. The predicted octanol–water partition coefficient (Wildman–Crippen LogP) is 3.85. The summed E-state index contributed by atoms with van der Waals surface area (Å²) in [6.45, 7) is 6.31. The summed E-state index contributed by atoms with van der Waals surface area (Å²) in [6, 6.07) is 10.8. The summed E-state index contributed by atoms with van der Waals surface area (Å²) in [5, 5.41) is 2.68. The highest BCUT2D eigenvalue weighted by Gasteiger charge is 2.37. The van der Waals surface area contributed by atoms with Crippen molar-refractivity contribution in [2.24, 2.45) is 5.41 Å². The third-order valence-electron chi connectivity index (χ3n) is 4.35. The maximum Gasteiger partial charge on any atom is 0.258 e. The monoisotopic (exact) mass is 356 g/mol. The van der Waals surface area contributed by atoms with E-state index in [0.29, 0.717) is 23.7 Å². The Morgan fingerprint density at radius 3 is 2.69 bits per heavy atom. The van der Waals surface area contributed by atoms with E-state index in [4.69, 9.17) is 4.74 Å². The number of nitrogens with zero attached hydrogens (tertiary/aromatic N) is 1. The number of carbonyl (C=O) groups is 2. The summed E-state index contributed by atoms with van der Waals surface area (Å²) in [5.41, 5.74) is 0.371. The molecule has 0 fully saturated rings. The maximum atomic E-state index is 13.8. The quantitative estimate of drug-likeness (QED) is 0.909. The van der Waals surface area contributed by atoms with E-state index in [9.17, 15) is 14.0 Å². The number of ether oxygens (including phenoxy) is 1. The first-order valence-electron chi connectivity index (χ1n) is 8.48. The van der Waals surface area contributed by atoms with Crippen molar-refractivity contribution in [3.63, 3.8) is 0 Å². The van der Waals surface area contributed by atoms with Crippen LogP contribution in [0.15, 0.2) is 42.5 Å². The van der Waals surface area contributed by atoms with Gasteiger partial charge in [0.25, 0.3) is 5.91 Å². The first-order chi connectivity index (χ1) is 12.3. The zero-order chi connectivity index (χ0) is 18.9. The highest BCUT2D eigenvalue weighted by Crippen LogP contribution is 2.38. The molecule has 1 aliphatic rings. The molecule has 3 rings (SSSR count). The molecular formula is C20H21FN2O3. The number of hydrogen-bond donors (Lipinski definition) is 1. The van der Waals surface area contributed by atoms with Gasteiger partial charge in [-0.05, 0) is 51.1 Å². The molecule has 0 radical (unpaired) electrons. The Bertz CT molecular complexity index is 864. The second-order valence-corrected chi connectivity index (χ2v) is 6.84. The molecule has 1 aliphatic heterocycles. The number of fused-ring (bicyclic) bond motifs is 1. The van der Waals surface area contributed by atoms with Gasteiger partial charge >= 0.3 is 0 Å². The number of amides is 2. The normalized spacial score (nSPS) is 15.7. The lowest BCUT2D eigenvalue weighted by molar-refractivity contribution is -0.127. The molecule has 0 spiro atoms. The molecule has 5 nitrogen and oxygen atoms in total. The van der Waals surface area contributed by atoms with Crippen LogP contribution in [0.3, 0.4) is 0 Å². The fourth-order valence-electron chi connectivity index (χ4n) is 2.88. The Balaban J connectivity index is 1.93. The summed E-state index contributed by atoms with van der Waals surface area (Å²) in [4.78, 5) is 26.7. The minimum absolute atomic E-state index is 0.0387. The lowest BCUT2D eigenvalue weighted by Crippen LogP contribution is -2.42. The van der Waals surface area contributed by atoms with Crippen molar-refractivity contribution in [1.82, 2.24) is 0 Å². The lowest BCUT2D eigenvalue weighted by atomic mass is 9.93. The molecule has 0 aromatic heterocycles. The van der Waals surface area contributed by atoms with Crippen LogP contribution in [-0.2, 0) is 4.79 Å². The zero-order valence-electron chi connectivity index (χ0n) is 15.0. The molecule has 26 heavy (non-hydrogen) atoms. The van der Waals surface area contributed by atoms with Gasteiger partial charge in [-0.15, -0.1) is 0 Å². The first kappa shape index (κ1) is 17.9. The van der Waals surface area contributed by atoms with Gasteiger partial charge in [-0.3, -0.25) is 9.59 Å². The van der Waals surface area contributed by atoms with Crippen molar-refractivity contribution in [1.29, 1.82) is 0 Å². The van der Waals surface area contributed by atoms with Gasteiger partial charge < -0.3 is 15.0 Å². The van der Waals surface area contributed by atoms with Crippen LogP contribution in [0.4, 0.5) is 15.8 Å². The van der Waals surface area contributed by atoms with Crippen molar-refractivity contribution in [3.8, 4) is 5.75 Å². The van der Waals surface area contributed by atoms with Crippen LogP contribution < -0.4 is 15.0 Å². The second-order valence-electron chi connectivity index (χ2n) is 6.84. The molecule has 0 aliphatic carbocycles. The van der Waals surface area contributed by atoms with Crippen molar-refractivity contribution in [2.75, 3.05) is 23.4 Å². The van der Waals surface area contributed by atoms with Crippen molar-refractivity contribution >= 4 is 23.2 Å². The number of benzene rings is 2. The maximum absolute atomic E-state index is 13.8. The minimum Gasteiger partial charge on any atom is -0.490 e. The number of anilines is 2. The van der Waals surface area contributed by atoms with Gasteiger partial charge in [0.15, 0.2) is 0 Å². The van der Waals surface area contributed by atoms with Gasteiger partial charge in [-0.2, -0.15) is 0 Å². The standard InChI is InChI=1S/C20H21FN2O3/c1-4-23-16-11-13(22-18(24)14-7-5-6-8-15(14)21)9-10-17(16)26-12-20(2,3)19(23)25/h5-11H,4,12H2,1-3H3,(H,22,24). The summed E-state index contributed by atoms with van der Waals surface area (Å²) in [7, 11) is 0. The van der Waals surface area contributed by atoms with E-state index in [1.54, 1.807) is 29.2 Å². The molecule has 1 heterocycles. The van der Waals surface area contributed by atoms with Gasteiger partial charge in [0.2, 0.25) is 5.91 Å². The summed E-state index contributed by atoms with van der Waals surface area (Å²) < 4.78 is 19.6. The Morgan fingerprint density at radius 1 is 1.27 bits per heavy atom. The average molecular weight is 356 g/mol. The van der Waals surface area contributed by atoms with E-state index < -0.39 is 17.1 Å². The van der Waals surface area contributed by atoms with E-state index in [1.165, 1.54) is 18.2 Å². The molecule has 1 N–H and O–H groups in total. The van der Waals surface area contributed by atoms with Crippen LogP contribution in [-0.4, -0.2) is 25.0 Å². The van der Waals surface area contributed by atoms with Crippen LogP contribution in [0.2, 0.25) is 0 Å². The fraction of sp³-hybridized carbons (Fsp3) is 0.300. The minimum atomic E-state index is -0.647. The van der Waals surface area contributed by atoms with Gasteiger partial charge in [0.05, 0.1) is 16.7 Å². The van der Waals surface area contributed by atoms with E-state index in [-0.39, 0.29) is 18.1 Å². The van der Waals surface area contributed by atoms with E-state index in [0.717, 1.165) is 0 Å². The molecule has 0 saturated heterocycles. The highest BCUT2D eigenvalue weighted by atomic mass is 19.1. The van der Waals surface area contributed by atoms with Crippen molar-refractivity contribution in [3.05, 3.63) is 53.8 Å². The molecule has 136 valence electrons. The Labute approximate surface area is 151 Å². The molecule has 2 aromatic carbocycles. The molecule has 0 saturated carbocycles. The first-order valence-corrected chi connectivity index (χ1v) is 8.48. The van der Waals surface area contributed by atoms with Crippen LogP contribution >= 0.6 is 0 Å². The van der Waals surface area contributed by atoms with Crippen molar-refractivity contribution < 1.29 is 18.7 Å². The molecule has 0 unspecified atom stereocenters. The topological polar surface area (TPSA) is 58.6 Å². The van der Waals surface area contributed by atoms with Crippen LogP contribution in [0.5, 0.6) is 5.75 Å². The largest absolute Gasteiger partial charge is 0.490 e. The van der Waals surface area contributed by atoms with Crippen LogP contribution in [0.25, 0.3) is 0 Å². The molecule has 2 amide bonds. The molecule has 6 heteroatoms. The van der Waals surface area contributed by atoms with Gasteiger partial charge in [0.1, 0.15) is 18.2 Å². The second kappa shape index (κ2) is 6.78. The Hall–Kier alpha value is -2.89. The number of carbonyl (C=O) groups excluding carboxylic acids is 2. The number of rotatable bonds is 3. The lowest BCUT2D eigenvalue weighted by Gasteiger charge is -2.27. The third kappa shape index (κ3) is 3.27. The summed E-state index contributed by atoms with van der Waals surface area (Å²) in [5.74, 6) is -0.603. The summed E-state index contributed by atoms with van der Waals surface area (Å²) >= 11 is 0. The van der Waals surface area contributed by atoms with Crippen LogP contribution in [0.1, 0.15) is 31.1 Å². The number of halogens is 1. The molecule has 0 atom stereocenters. The average Bonchev–Trinajstić information content (AvgIpc) is 2.70.